The number of allylic oxidation sites excluding steroid dienone is 1. The first kappa shape index (κ1) is 7.50. The molecule has 14 heavy (non-hydrogen) atoms. The lowest BCUT2D eigenvalue weighted by atomic mass is 10.1. The third-order valence-corrected chi connectivity index (χ3v) is 2.32. The van der Waals surface area contributed by atoms with Crippen LogP contribution in [0.5, 0.6) is 5.75 Å². The normalized spacial score (nSPS) is 16.0. The first-order chi connectivity index (χ1) is 6.95. The van der Waals surface area contributed by atoms with Crippen molar-refractivity contribution in [2.45, 2.75) is 0 Å². The van der Waals surface area contributed by atoms with Gasteiger partial charge in [-0.25, -0.2) is 0 Å². The van der Waals surface area contributed by atoms with Gasteiger partial charge in [0, 0.05) is 17.0 Å². The van der Waals surface area contributed by atoms with E-state index in [4.69, 9.17) is 4.74 Å². The molecule has 0 saturated heterocycles. The zero-order valence-electron chi connectivity index (χ0n) is 7.47. The average molecular weight is 184 g/mol. The average Bonchev–Trinajstić information content (AvgIpc) is 2.55. The summed E-state index contributed by atoms with van der Waals surface area (Å²) in [6.07, 6.45) is 7.61. The molecule has 68 valence electrons. The highest BCUT2D eigenvalue weighted by molar-refractivity contribution is 5.78. The van der Waals surface area contributed by atoms with Crippen LogP contribution in [-0.4, -0.2) is 12.8 Å². The Hall–Kier alpha value is -1.90. The molecule has 0 atom stereocenters. The van der Waals surface area contributed by atoms with Gasteiger partial charge in [-0.05, 0) is 24.3 Å². The van der Waals surface area contributed by atoms with Crippen LogP contribution in [0, 0.1) is 0 Å². The van der Waals surface area contributed by atoms with Gasteiger partial charge in [-0.3, -0.25) is 0 Å². The molecule has 2 heterocycles. The van der Waals surface area contributed by atoms with Gasteiger partial charge in [-0.1, -0.05) is 6.08 Å². The zero-order chi connectivity index (χ0) is 9.38. The van der Waals surface area contributed by atoms with Gasteiger partial charge in [-0.2, -0.15) is 5.10 Å². The third kappa shape index (κ3) is 0.988. The van der Waals surface area contributed by atoms with Gasteiger partial charge in [0.05, 0.1) is 0 Å². The van der Waals surface area contributed by atoms with Crippen molar-refractivity contribution in [2.24, 2.45) is 10.2 Å². The van der Waals surface area contributed by atoms with E-state index < -0.39 is 0 Å². The minimum absolute atomic E-state index is 0.634. The zero-order valence-corrected chi connectivity index (χ0v) is 7.47. The SMILES string of the molecule is C1=Cc2ccc3c(c2=NN=C1)=CCO3. The van der Waals surface area contributed by atoms with E-state index in [1.54, 1.807) is 6.21 Å². The predicted molar refractivity (Wildman–Crippen MR) is 54.7 cm³/mol. The quantitative estimate of drug-likeness (QED) is 0.577. The van der Waals surface area contributed by atoms with Crippen LogP contribution in [0.1, 0.15) is 5.56 Å². The van der Waals surface area contributed by atoms with E-state index in [1.165, 1.54) is 0 Å². The maximum Gasteiger partial charge on any atom is 0.129 e. The van der Waals surface area contributed by atoms with Crippen LogP contribution in [-0.2, 0) is 0 Å². The van der Waals surface area contributed by atoms with E-state index >= 15 is 0 Å². The van der Waals surface area contributed by atoms with Crippen LogP contribution >= 0.6 is 0 Å². The Labute approximate surface area is 80.7 Å². The maximum atomic E-state index is 5.41. The Bertz CT molecular complexity index is 555. The van der Waals surface area contributed by atoms with Crippen LogP contribution in [0.15, 0.2) is 28.4 Å². The fourth-order valence-corrected chi connectivity index (χ4v) is 1.67. The lowest BCUT2D eigenvalue weighted by molar-refractivity contribution is 0.385. The minimum atomic E-state index is 0.634. The molecule has 0 bridgehead atoms. The summed E-state index contributed by atoms with van der Waals surface area (Å²) in [5.41, 5.74) is 1.09. The molecule has 0 unspecified atom stereocenters. The highest BCUT2D eigenvalue weighted by Crippen LogP contribution is 2.08. The number of hydrogen-bond acceptors (Lipinski definition) is 3. The summed E-state index contributed by atoms with van der Waals surface area (Å²) in [5, 5.41) is 10.1. The molecule has 1 aromatic carbocycles. The Kier molecular flexibility index (Phi) is 1.50. The van der Waals surface area contributed by atoms with Crippen LogP contribution in [0.25, 0.3) is 12.2 Å². The molecular formula is C11H8N2O. The van der Waals surface area contributed by atoms with Gasteiger partial charge in [0.25, 0.3) is 0 Å². The number of rotatable bonds is 0. The molecule has 0 fully saturated rings. The minimum Gasteiger partial charge on any atom is -0.489 e. The molecule has 0 spiro atoms. The summed E-state index contributed by atoms with van der Waals surface area (Å²) in [7, 11) is 0. The van der Waals surface area contributed by atoms with Crippen molar-refractivity contribution < 1.29 is 4.74 Å². The molecule has 0 aliphatic carbocycles. The molecule has 2 aliphatic rings. The van der Waals surface area contributed by atoms with Crippen molar-refractivity contribution >= 4 is 18.4 Å². The molecular weight excluding hydrogens is 176 g/mol. The summed E-state index contributed by atoms with van der Waals surface area (Å²) in [5.74, 6) is 0.901. The lowest BCUT2D eigenvalue weighted by Crippen LogP contribution is -2.26. The van der Waals surface area contributed by atoms with Crippen LogP contribution < -0.4 is 15.3 Å². The van der Waals surface area contributed by atoms with Crippen molar-refractivity contribution in [1.82, 2.24) is 0 Å². The number of nitrogens with zero attached hydrogens (tertiary/aromatic N) is 2. The molecule has 0 N–H and O–H groups in total. The number of hydrogen-bond donors (Lipinski definition) is 0. The summed E-state index contributed by atoms with van der Waals surface area (Å²) >= 11 is 0. The Balaban J connectivity index is 2.47. The summed E-state index contributed by atoms with van der Waals surface area (Å²) in [4.78, 5) is 0. The standard InChI is InChI=1S/C11H8N2O/c1-2-8-3-4-10-9(5-7-14-10)11(8)13-12-6-1/h1-6H,7H2. The van der Waals surface area contributed by atoms with E-state index in [1.807, 2.05) is 30.4 Å². The second-order valence-electron chi connectivity index (χ2n) is 3.15. The van der Waals surface area contributed by atoms with E-state index in [9.17, 15) is 0 Å². The highest BCUT2D eigenvalue weighted by atomic mass is 16.5. The Morgan fingerprint density at radius 3 is 3.29 bits per heavy atom. The van der Waals surface area contributed by atoms with E-state index in [2.05, 4.69) is 10.2 Å². The second-order valence-corrected chi connectivity index (χ2v) is 3.15. The summed E-state index contributed by atoms with van der Waals surface area (Å²) < 4.78 is 5.41. The number of benzene rings is 1. The van der Waals surface area contributed by atoms with Crippen molar-refractivity contribution in [3.05, 3.63) is 34.3 Å². The van der Waals surface area contributed by atoms with E-state index in [-0.39, 0.29) is 0 Å². The lowest BCUT2D eigenvalue weighted by Gasteiger charge is -1.98. The van der Waals surface area contributed by atoms with Crippen molar-refractivity contribution in [1.29, 1.82) is 0 Å². The Morgan fingerprint density at radius 2 is 2.29 bits per heavy atom. The summed E-state index contributed by atoms with van der Waals surface area (Å²) in [6.45, 7) is 0.634. The van der Waals surface area contributed by atoms with Gasteiger partial charge in [-0.15, -0.1) is 5.10 Å². The highest BCUT2D eigenvalue weighted by Gasteiger charge is 2.07. The third-order valence-electron chi connectivity index (χ3n) is 2.32. The van der Waals surface area contributed by atoms with E-state index in [0.29, 0.717) is 6.61 Å². The topological polar surface area (TPSA) is 34.0 Å². The maximum absolute atomic E-state index is 5.41. The van der Waals surface area contributed by atoms with Crippen molar-refractivity contribution in [2.75, 3.05) is 6.61 Å². The molecule has 0 amide bonds. The largest absolute Gasteiger partial charge is 0.489 e. The molecule has 0 radical (unpaired) electrons. The number of ether oxygens (including phenoxy) is 1. The first-order valence-corrected chi connectivity index (χ1v) is 4.49. The van der Waals surface area contributed by atoms with Gasteiger partial charge < -0.3 is 4.74 Å². The molecule has 1 aromatic rings. The second kappa shape index (κ2) is 2.80. The Morgan fingerprint density at radius 1 is 1.29 bits per heavy atom. The molecule has 0 aromatic heterocycles. The number of fused-ring (bicyclic) bond motifs is 3. The fourth-order valence-electron chi connectivity index (χ4n) is 1.67. The first-order valence-electron chi connectivity index (χ1n) is 4.49. The van der Waals surface area contributed by atoms with Gasteiger partial charge in [0.15, 0.2) is 0 Å². The molecule has 0 saturated carbocycles. The monoisotopic (exact) mass is 184 g/mol. The van der Waals surface area contributed by atoms with Crippen molar-refractivity contribution in [3.63, 3.8) is 0 Å². The van der Waals surface area contributed by atoms with E-state index in [0.717, 1.165) is 21.9 Å². The smallest absolute Gasteiger partial charge is 0.129 e. The molecule has 3 nitrogen and oxygen atoms in total. The van der Waals surface area contributed by atoms with Crippen molar-refractivity contribution in [3.8, 4) is 5.75 Å². The van der Waals surface area contributed by atoms with Gasteiger partial charge in [0.1, 0.15) is 17.7 Å². The van der Waals surface area contributed by atoms with Crippen LogP contribution in [0.3, 0.4) is 0 Å². The van der Waals surface area contributed by atoms with Crippen LogP contribution in [0.4, 0.5) is 0 Å². The van der Waals surface area contributed by atoms with Gasteiger partial charge >= 0.3 is 0 Å². The fraction of sp³-hybridized carbons (Fsp3) is 0.0909. The predicted octanol–water partition coefficient (Wildman–Crippen LogP) is 0.492. The summed E-state index contributed by atoms with van der Waals surface area (Å²) in [6, 6.07) is 3.98. The van der Waals surface area contributed by atoms with Gasteiger partial charge in [0.2, 0.25) is 0 Å². The molecule has 2 aliphatic heterocycles. The van der Waals surface area contributed by atoms with Crippen LogP contribution in [0.2, 0.25) is 0 Å². The molecule has 3 heteroatoms. The molecule has 3 rings (SSSR count).